The zero-order chi connectivity index (χ0) is 38.0. The van der Waals surface area contributed by atoms with Crippen molar-refractivity contribution in [3.8, 4) is 11.1 Å². The molecule has 15 nitrogen and oxygen atoms in total. The van der Waals surface area contributed by atoms with Gasteiger partial charge in [-0.25, -0.2) is 15.0 Å². The Bertz CT molecular complexity index is 2120. The Balaban J connectivity index is 1.29. The van der Waals surface area contributed by atoms with Gasteiger partial charge >= 0.3 is 0 Å². The van der Waals surface area contributed by atoms with Crippen molar-refractivity contribution < 1.29 is 28.7 Å². The van der Waals surface area contributed by atoms with Crippen LogP contribution in [0.4, 0.5) is 5.82 Å². The fourth-order valence-corrected chi connectivity index (χ4v) is 7.34. The fourth-order valence-electron chi connectivity index (χ4n) is 7.03. The number of likely N-dealkylation sites (tertiary alicyclic amines) is 1. The lowest BCUT2D eigenvalue weighted by Crippen LogP contribution is -2.47. The highest BCUT2D eigenvalue weighted by Crippen LogP contribution is 2.59. The summed E-state index contributed by atoms with van der Waals surface area (Å²) < 4.78 is 7.30. The predicted molar refractivity (Wildman–Crippen MR) is 198 cm³/mol. The van der Waals surface area contributed by atoms with Gasteiger partial charge in [-0.15, -0.1) is 6.58 Å². The van der Waals surface area contributed by atoms with Crippen molar-refractivity contribution in [1.29, 1.82) is 0 Å². The van der Waals surface area contributed by atoms with E-state index >= 15 is 0 Å². The van der Waals surface area contributed by atoms with E-state index in [1.807, 2.05) is 12.1 Å². The highest BCUT2D eigenvalue weighted by Gasteiger charge is 2.67. The average Bonchev–Trinajstić information content (AvgIpc) is 3.54. The Morgan fingerprint density at radius 2 is 1.85 bits per heavy atom. The van der Waals surface area contributed by atoms with Crippen LogP contribution in [0.15, 0.2) is 60.0 Å². The van der Waals surface area contributed by atoms with Gasteiger partial charge in [0.25, 0.3) is 0 Å². The molecule has 2 fully saturated rings. The molecule has 16 heteroatoms. The van der Waals surface area contributed by atoms with Gasteiger partial charge in [-0.3, -0.25) is 28.7 Å². The second-order valence-electron chi connectivity index (χ2n) is 13.5. The van der Waals surface area contributed by atoms with E-state index in [9.17, 15) is 24.0 Å². The monoisotopic (exact) mass is 785 g/mol. The van der Waals surface area contributed by atoms with E-state index in [0.29, 0.717) is 39.1 Å². The number of rotatable bonds is 14. The molecule has 3 aromatic heterocycles. The molecule has 276 valence electrons. The van der Waals surface area contributed by atoms with Gasteiger partial charge in [0.05, 0.1) is 12.1 Å². The number of hydrogen-bond donors (Lipinski definition) is 3. The normalized spacial score (nSPS) is 19.3. The molecule has 0 spiro atoms. The number of methoxy groups -OCH3 is 1. The van der Waals surface area contributed by atoms with E-state index in [0.717, 1.165) is 11.1 Å². The summed E-state index contributed by atoms with van der Waals surface area (Å²) in [7, 11) is 1.54. The van der Waals surface area contributed by atoms with E-state index in [1.54, 1.807) is 48.5 Å². The molecule has 53 heavy (non-hydrogen) atoms. The Hall–Kier alpha value is -5.35. The second kappa shape index (κ2) is 15.3. The SMILES string of the molecule is C=CCC(NC(C)=O)C(=O)NC[C@@]12C[C@@H](C(=O)Nc3nc(Br)ccc3COC)N(C(=O)Cn3nc(C(C)=O)c4cc(-c5cnc(C)nc5)ccc43)[C@@H]1C2. The van der Waals surface area contributed by atoms with Crippen LogP contribution in [0.2, 0.25) is 0 Å². The molecule has 4 aromatic rings. The van der Waals surface area contributed by atoms with Gasteiger partial charge < -0.3 is 25.6 Å². The van der Waals surface area contributed by atoms with Gasteiger partial charge in [-0.1, -0.05) is 18.2 Å². The maximum absolute atomic E-state index is 14.4. The molecule has 1 aliphatic heterocycles. The molecule has 6 rings (SSSR count). The van der Waals surface area contributed by atoms with E-state index < -0.39 is 23.4 Å². The maximum Gasteiger partial charge on any atom is 0.248 e. The van der Waals surface area contributed by atoms with Crippen molar-refractivity contribution in [3.05, 3.63) is 77.1 Å². The fraction of sp³-hybridized carbons (Fsp3) is 0.378. The minimum atomic E-state index is -0.907. The average molecular weight is 787 g/mol. The third-order valence-corrected chi connectivity index (χ3v) is 10.1. The van der Waals surface area contributed by atoms with Crippen molar-refractivity contribution in [2.75, 3.05) is 19.0 Å². The van der Waals surface area contributed by atoms with Gasteiger partial charge in [0, 0.05) is 67.9 Å². The number of pyridine rings is 1. The van der Waals surface area contributed by atoms with Crippen molar-refractivity contribution in [3.63, 3.8) is 0 Å². The number of halogens is 1. The molecule has 4 heterocycles. The Kier molecular flexibility index (Phi) is 10.8. The van der Waals surface area contributed by atoms with Crippen molar-refractivity contribution in [2.45, 2.75) is 71.3 Å². The molecule has 1 aromatic carbocycles. The number of amides is 4. The van der Waals surface area contributed by atoms with E-state index in [2.05, 4.69) is 58.5 Å². The Labute approximate surface area is 314 Å². The summed E-state index contributed by atoms with van der Waals surface area (Å²) in [5.41, 5.74) is 2.40. The van der Waals surface area contributed by atoms with Crippen LogP contribution in [0.5, 0.6) is 0 Å². The number of benzene rings is 1. The molecular weight excluding hydrogens is 746 g/mol. The Morgan fingerprint density at radius 1 is 1.09 bits per heavy atom. The van der Waals surface area contributed by atoms with E-state index in [1.165, 1.54) is 25.6 Å². The van der Waals surface area contributed by atoms with Gasteiger partial charge in [0.1, 0.15) is 40.6 Å². The summed E-state index contributed by atoms with van der Waals surface area (Å²) in [5, 5.41) is 13.6. The lowest BCUT2D eigenvalue weighted by molar-refractivity contribution is -0.138. The number of fused-ring (bicyclic) bond motifs is 2. The maximum atomic E-state index is 14.4. The third-order valence-electron chi connectivity index (χ3n) is 9.69. The topological polar surface area (TPSA) is 190 Å². The first-order chi connectivity index (χ1) is 25.3. The number of ketones is 1. The summed E-state index contributed by atoms with van der Waals surface area (Å²) in [5.74, 6) is -0.895. The summed E-state index contributed by atoms with van der Waals surface area (Å²) in [6.07, 6.45) is 6.03. The zero-order valence-electron chi connectivity index (χ0n) is 29.8. The van der Waals surface area contributed by atoms with Crippen LogP contribution in [0, 0.1) is 12.3 Å². The largest absolute Gasteiger partial charge is 0.380 e. The second-order valence-corrected chi connectivity index (χ2v) is 14.3. The number of carbonyl (C=O) groups excluding carboxylic acids is 5. The lowest BCUT2D eigenvalue weighted by Gasteiger charge is -2.27. The molecular formula is C37H40BrN9O6. The van der Waals surface area contributed by atoms with E-state index in [-0.39, 0.29) is 67.8 Å². The first-order valence-corrected chi connectivity index (χ1v) is 17.9. The molecule has 2 aliphatic rings. The number of aromatic nitrogens is 5. The zero-order valence-corrected chi connectivity index (χ0v) is 31.4. The summed E-state index contributed by atoms with van der Waals surface area (Å²) in [4.78, 5) is 80.7. The van der Waals surface area contributed by atoms with Crippen molar-refractivity contribution in [2.24, 2.45) is 5.41 Å². The predicted octanol–water partition coefficient (Wildman–Crippen LogP) is 3.50. The Morgan fingerprint density at radius 3 is 2.53 bits per heavy atom. The third kappa shape index (κ3) is 7.88. The number of nitrogens with one attached hydrogen (secondary N) is 3. The van der Waals surface area contributed by atoms with Crippen LogP contribution in [-0.2, 0) is 37.1 Å². The molecule has 1 saturated carbocycles. The van der Waals surface area contributed by atoms with E-state index in [4.69, 9.17) is 4.74 Å². The number of nitrogens with zero attached hydrogens (tertiary/aromatic N) is 6. The first kappa shape index (κ1) is 37.4. The van der Waals surface area contributed by atoms with Crippen LogP contribution in [0.1, 0.15) is 55.0 Å². The van der Waals surface area contributed by atoms with Crippen molar-refractivity contribution in [1.82, 2.24) is 40.3 Å². The quantitative estimate of drug-likeness (QED) is 0.0970. The highest BCUT2D eigenvalue weighted by atomic mass is 79.9. The number of aryl methyl sites for hydroxylation is 1. The van der Waals surface area contributed by atoms with Gasteiger partial charge in [0.2, 0.25) is 23.6 Å². The molecule has 3 N–H and O–H groups in total. The molecule has 4 amide bonds. The number of Topliss-reactive ketones (excluding diaryl/α,β-unsaturated/α-hetero) is 1. The molecule has 1 aliphatic carbocycles. The van der Waals surface area contributed by atoms with Crippen LogP contribution in [0.3, 0.4) is 0 Å². The van der Waals surface area contributed by atoms with Gasteiger partial charge in [-0.05, 0) is 65.9 Å². The van der Waals surface area contributed by atoms with Crippen LogP contribution in [0.25, 0.3) is 22.0 Å². The molecule has 0 radical (unpaired) electrons. The number of piperidine rings is 1. The smallest absolute Gasteiger partial charge is 0.248 e. The standard InChI is InChI=1S/C37H40BrN9O6/c1-6-7-27(42-22(4)49)35(51)41-19-37-13-29(36(52)44-34-24(18-53-5)9-11-31(38)43-34)47(30(37)14-37)32(50)17-46-28-10-8-23(25-15-39-21(3)40-16-25)12-26(28)33(45-46)20(2)48/h6,8-12,15-16,27,29-30H,1,7,13-14,17-19H2,2-5H3,(H,41,51)(H,42,49)(H,43,44,52)/t27?,29-,30+,37-/m0/s1. The summed E-state index contributed by atoms with van der Waals surface area (Å²) >= 11 is 3.36. The minimum absolute atomic E-state index is 0.187. The van der Waals surface area contributed by atoms with Crippen LogP contribution >= 0.6 is 15.9 Å². The van der Waals surface area contributed by atoms with Crippen molar-refractivity contribution >= 4 is 62.1 Å². The number of carbonyl (C=O) groups is 5. The number of ether oxygens (including phenoxy) is 1. The highest BCUT2D eigenvalue weighted by molar-refractivity contribution is 9.10. The van der Waals surface area contributed by atoms with Crippen LogP contribution < -0.4 is 16.0 Å². The molecule has 4 atom stereocenters. The van der Waals surface area contributed by atoms with Gasteiger partial charge in [0.15, 0.2) is 5.78 Å². The minimum Gasteiger partial charge on any atom is -0.380 e. The van der Waals surface area contributed by atoms with Crippen LogP contribution in [-0.4, -0.2) is 90.8 Å². The first-order valence-electron chi connectivity index (χ1n) is 17.1. The lowest BCUT2D eigenvalue weighted by atomic mass is 9.98. The number of hydrogen-bond acceptors (Lipinski definition) is 10. The molecule has 1 unspecified atom stereocenters. The number of anilines is 1. The van der Waals surface area contributed by atoms with Gasteiger partial charge in [-0.2, -0.15) is 5.10 Å². The summed E-state index contributed by atoms with van der Waals surface area (Å²) in [6.45, 7) is 8.38. The summed E-state index contributed by atoms with van der Waals surface area (Å²) in [6, 6.07) is 6.93. The molecule has 1 saturated heterocycles. The molecule has 0 bridgehead atoms.